The fourth-order valence-electron chi connectivity index (χ4n) is 6.85. The topological polar surface area (TPSA) is 163 Å². The standard InChI is InChI=1S/C49H39N3O9S/c1-32(53)58-41-29-28-36(30-42(41)59-33(2)54)45(47(57)60-44(34-18-8-3-9-19-34)35-20-10-4-11-21-35)61-52-43(46(55)56)40-31-62-48(50-40)51-49(37-22-12-5-13-23-37,38-24-14-6-15-25-38)39-26-16-7-17-27-39/h3-31,44-45H,1-2H3,(H,50,51)(H,55,56)/t45-/m1/s1. The number of carboxylic acids is 1. The number of carbonyl (C=O) groups is 4. The van der Waals surface area contributed by atoms with E-state index in [9.17, 15) is 24.3 Å². The number of hydrogen-bond acceptors (Lipinski definition) is 12. The van der Waals surface area contributed by atoms with Gasteiger partial charge in [0.1, 0.15) is 11.2 Å². The third-order valence-corrected chi connectivity index (χ3v) is 10.3. The minimum absolute atomic E-state index is 0.0366. The number of carbonyl (C=O) groups excluding carboxylic acids is 3. The second-order valence-electron chi connectivity index (χ2n) is 13.8. The second-order valence-corrected chi connectivity index (χ2v) is 14.6. The van der Waals surface area contributed by atoms with Crippen molar-refractivity contribution in [3.8, 4) is 11.5 Å². The molecule has 310 valence electrons. The van der Waals surface area contributed by atoms with E-state index in [0.717, 1.165) is 35.0 Å². The van der Waals surface area contributed by atoms with Gasteiger partial charge in [-0.3, -0.25) is 9.59 Å². The number of benzene rings is 6. The Bertz CT molecular complexity index is 2540. The van der Waals surface area contributed by atoms with Crippen LogP contribution in [-0.4, -0.2) is 39.7 Å². The molecule has 1 aromatic heterocycles. The quantitative estimate of drug-likeness (QED) is 0.0313. The Morgan fingerprint density at radius 2 is 1.10 bits per heavy atom. The first-order chi connectivity index (χ1) is 30.1. The summed E-state index contributed by atoms with van der Waals surface area (Å²) in [5, 5.41) is 20.1. The molecular formula is C49H39N3O9S. The molecule has 7 aromatic rings. The van der Waals surface area contributed by atoms with Crippen molar-refractivity contribution < 1.29 is 43.3 Å². The van der Waals surface area contributed by atoms with Gasteiger partial charge in [0.2, 0.25) is 11.8 Å². The number of aliphatic carboxylic acids is 1. The van der Waals surface area contributed by atoms with Gasteiger partial charge in [-0.05, 0) is 39.9 Å². The van der Waals surface area contributed by atoms with Crippen LogP contribution >= 0.6 is 11.3 Å². The third kappa shape index (κ3) is 9.75. The molecule has 62 heavy (non-hydrogen) atoms. The van der Waals surface area contributed by atoms with Gasteiger partial charge in [0.25, 0.3) is 0 Å². The number of aromatic nitrogens is 1. The lowest BCUT2D eigenvalue weighted by Crippen LogP contribution is -2.38. The molecule has 12 nitrogen and oxygen atoms in total. The number of hydrogen-bond donors (Lipinski definition) is 2. The Morgan fingerprint density at radius 1 is 0.629 bits per heavy atom. The Labute approximate surface area is 361 Å². The molecule has 0 radical (unpaired) electrons. The Kier molecular flexibility index (Phi) is 13.2. The van der Waals surface area contributed by atoms with E-state index in [4.69, 9.17) is 24.0 Å². The van der Waals surface area contributed by atoms with Crippen LogP contribution in [0.2, 0.25) is 0 Å². The Hall–Kier alpha value is -7.90. The molecule has 0 bridgehead atoms. The number of nitrogens with zero attached hydrogens (tertiary/aromatic N) is 2. The van der Waals surface area contributed by atoms with Crippen molar-refractivity contribution in [2.45, 2.75) is 31.6 Å². The number of rotatable bonds is 16. The van der Waals surface area contributed by atoms with Gasteiger partial charge < -0.3 is 29.5 Å². The summed E-state index contributed by atoms with van der Waals surface area (Å²) in [6, 6.07) is 51.5. The highest BCUT2D eigenvalue weighted by Gasteiger charge is 2.38. The van der Waals surface area contributed by atoms with Crippen LogP contribution in [0, 0.1) is 0 Å². The maximum atomic E-state index is 14.4. The molecule has 2 N–H and O–H groups in total. The minimum atomic E-state index is -1.74. The van der Waals surface area contributed by atoms with Crippen molar-refractivity contribution >= 4 is 46.1 Å². The monoisotopic (exact) mass is 845 g/mol. The fourth-order valence-corrected chi connectivity index (χ4v) is 7.60. The van der Waals surface area contributed by atoms with Crippen molar-refractivity contribution in [2.24, 2.45) is 5.16 Å². The van der Waals surface area contributed by atoms with E-state index in [1.807, 2.05) is 103 Å². The largest absolute Gasteiger partial charge is 0.476 e. The van der Waals surface area contributed by atoms with Gasteiger partial charge in [-0.25, -0.2) is 14.6 Å². The van der Waals surface area contributed by atoms with Crippen LogP contribution in [0.5, 0.6) is 11.5 Å². The molecular weight excluding hydrogens is 807 g/mol. The van der Waals surface area contributed by atoms with Crippen molar-refractivity contribution in [2.75, 3.05) is 5.32 Å². The number of carboxylic acid groups (broad SMARTS) is 1. The van der Waals surface area contributed by atoms with Crippen LogP contribution in [0.3, 0.4) is 0 Å². The zero-order chi connectivity index (χ0) is 43.5. The van der Waals surface area contributed by atoms with E-state index < -0.39 is 47.3 Å². The lowest BCUT2D eigenvalue weighted by molar-refractivity contribution is -0.162. The normalized spacial score (nSPS) is 11.9. The number of oxime groups is 1. The molecule has 0 aliphatic carbocycles. The van der Waals surface area contributed by atoms with E-state index in [0.29, 0.717) is 16.3 Å². The average Bonchev–Trinajstić information content (AvgIpc) is 3.75. The fraction of sp³-hybridized carbons (Fsp3) is 0.102. The van der Waals surface area contributed by atoms with E-state index >= 15 is 0 Å². The van der Waals surface area contributed by atoms with Crippen LogP contribution in [0.1, 0.15) is 65.1 Å². The first-order valence-electron chi connectivity index (χ1n) is 19.3. The summed E-state index contributed by atoms with van der Waals surface area (Å²) in [5.41, 5.74) is 2.41. The SMILES string of the molecule is CC(=O)Oc1ccc([C@@H](ON=C(C(=O)O)c2csc(NC(c3ccccc3)(c3ccccc3)c3ccccc3)n2)C(=O)OC(c2ccccc2)c2ccccc2)cc1OC(C)=O. The molecule has 7 rings (SSSR count). The van der Waals surface area contributed by atoms with E-state index in [2.05, 4.69) is 10.5 Å². The van der Waals surface area contributed by atoms with Crippen LogP contribution in [0.4, 0.5) is 5.13 Å². The van der Waals surface area contributed by atoms with Gasteiger partial charge in [0.15, 0.2) is 22.7 Å². The molecule has 0 saturated heterocycles. The zero-order valence-electron chi connectivity index (χ0n) is 33.4. The van der Waals surface area contributed by atoms with Crippen molar-refractivity contribution in [1.82, 2.24) is 4.98 Å². The highest BCUT2D eigenvalue weighted by molar-refractivity contribution is 7.14. The van der Waals surface area contributed by atoms with E-state index in [-0.39, 0.29) is 22.8 Å². The maximum absolute atomic E-state index is 14.4. The third-order valence-electron chi connectivity index (χ3n) is 9.54. The van der Waals surface area contributed by atoms with Crippen LogP contribution in [-0.2, 0) is 34.3 Å². The summed E-state index contributed by atoms with van der Waals surface area (Å²) in [6.07, 6.45) is -2.66. The molecule has 0 aliphatic rings. The molecule has 1 atom stereocenters. The summed E-state index contributed by atoms with van der Waals surface area (Å²) >= 11 is 1.16. The van der Waals surface area contributed by atoms with Gasteiger partial charge in [-0.15, -0.1) is 11.3 Å². The predicted molar refractivity (Wildman–Crippen MR) is 233 cm³/mol. The molecule has 13 heteroatoms. The predicted octanol–water partition coefficient (Wildman–Crippen LogP) is 9.28. The first kappa shape index (κ1) is 42.2. The zero-order valence-corrected chi connectivity index (χ0v) is 34.2. The molecule has 0 amide bonds. The maximum Gasteiger partial charge on any atom is 0.360 e. The molecule has 0 spiro atoms. The van der Waals surface area contributed by atoms with E-state index in [1.165, 1.54) is 30.5 Å². The van der Waals surface area contributed by atoms with Gasteiger partial charge in [-0.2, -0.15) is 0 Å². The number of esters is 3. The van der Waals surface area contributed by atoms with Gasteiger partial charge in [0, 0.05) is 24.8 Å². The summed E-state index contributed by atoms with van der Waals surface area (Å²) < 4.78 is 16.7. The lowest BCUT2D eigenvalue weighted by Gasteiger charge is -2.36. The van der Waals surface area contributed by atoms with Crippen LogP contribution < -0.4 is 14.8 Å². The van der Waals surface area contributed by atoms with Crippen molar-refractivity contribution in [1.29, 1.82) is 0 Å². The number of ether oxygens (including phenoxy) is 3. The molecule has 0 aliphatic heterocycles. The van der Waals surface area contributed by atoms with E-state index in [1.54, 1.807) is 48.5 Å². The van der Waals surface area contributed by atoms with Crippen molar-refractivity contribution in [3.05, 3.63) is 214 Å². The molecule has 0 saturated carbocycles. The molecule has 0 unspecified atom stereocenters. The summed E-state index contributed by atoms with van der Waals surface area (Å²) in [4.78, 5) is 61.9. The molecule has 1 heterocycles. The number of thiazole rings is 1. The highest BCUT2D eigenvalue weighted by Crippen LogP contribution is 2.41. The number of nitrogens with one attached hydrogen (secondary N) is 1. The lowest BCUT2D eigenvalue weighted by atomic mass is 9.77. The minimum Gasteiger partial charge on any atom is -0.476 e. The van der Waals surface area contributed by atoms with Crippen LogP contribution in [0.25, 0.3) is 0 Å². The smallest absolute Gasteiger partial charge is 0.360 e. The number of anilines is 1. The average molecular weight is 846 g/mol. The molecule has 6 aromatic carbocycles. The second kappa shape index (κ2) is 19.4. The Balaban J connectivity index is 1.28. The van der Waals surface area contributed by atoms with Gasteiger partial charge >= 0.3 is 23.9 Å². The Morgan fingerprint density at radius 3 is 1.56 bits per heavy atom. The van der Waals surface area contributed by atoms with Gasteiger partial charge in [0.05, 0.1) is 0 Å². The summed E-state index contributed by atoms with van der Waals surface area (Å²) in [5.74, 6) is -4.20. The highest BCUT2D eigenvalue weighted by atomic mass is 32.1. The van der Waals surface area contributed by atoms with Crippen LogP contribution in [0.15, 0.2) is 180 Å². The summed E-state index contributed by atoms with van der Waals surface area (Å²) in [6.45, 7) is 2.33. The summed E-state index contributed by atoms with van der Waals surface area (Å²) in [7, 11) is 0. The molecule has 0 fully saturated rings. The first-order valence-corrected chi connectivity index (χ1v) is 20.2. The van der Waals surface area contributed by atoms with Gasteiger partial charge in [-0.1, -0.05) is 163 Å². The van der Waals surface area contributed by atoms with Crippen molar-refractivity contribution in [3.63, 3.8) is 0 Å².